The summed E-state index contributed by atoms with van der Waals surface area (Å²) in [6.07, 6.45) is -3.67. The standard InChI is InChI=1S/C21H22F3NO4/c22-21(23,24)17-5-2-15(3-6-17)18-7-4-16(20(26)27)14-19(18)29-11-1-8-25-9-12-28-13-10-25/h2-7,14H,1,8-13H2,(H,26,27). The van der Waals surface area contributed by atoms with Gasteiger partial charge in [0.25, 0.3) is 0 Å². The average Bonchev–Trinajstić information content (AvgIpc) is 2.71. The molecule has 156 valence electrons. The normalized spacial score (nSPS) is 15.3. The summed E-state index contributed by atoms with van der Waals surface area (Å²) >= 11 is 0. The van der Waals surface area contributed by atoms with Crippen LogP contribution >= 0.6 is 0 Å². The molecule has 1 aliphatic heterocycles. The van der Waals surface area contributed by atoms with Gasteiger partial charge in [-0.1, -0.05) is 12.1 Å². The van der Waals surface area contributed by atoms with Crippen LogP contribution < -0.4 is 4.74 Å². The molecule has 3 rings (SSSR count). The van der Waals surface area contributed by atoms with Crippen molar-refractivity contribution in [3.63, 3.8) is 0 Å². The molecule has 0 saturated carbocycles. The van der Waals surface area contributed by atoms with Gasteiger partial charge in [-0.3, -0.25) is 4.90 Å². The van der Waals surface area contributed by atoms with Crippen LogP contribution in [0.4, 0.5) is 13.2 Å². The molecule has 0 spiro atoms. The quantitative estimate of drug-likeness (QED) is 0.696. The zero-order valence-electron chi connectivity index (χ0n) is 15.7. The summed E-state index contributed by atoms with van der Waals surface area (Å²) in [4.78, 5) is 13.6. The first-order chi connectivity index (χ1) is 13.8. The Balaban J connectivity index is 1.73. The molecule has 1 fully saturated rings. The molecular weight excluding hydrogens is 387 g/mol. The smallest absolute Gasteiger partial charge is 0.416 e. The first-order valence-electron chi connectivity index (χ1n) is 9.32. The largest absolute Gasteiger partial charge is 0.493 e. The molecule has 0 aromatic heterocycles. The van der Waals surface area contributed by atoms with Crippen molar-refractivity contribution in [2.45, 2.75) is 12.6 Å². The van der Waals surface area contributed by atoms with Gasteiger partial charge in [-0.15, -0.1) is 0 Å². The molecule has 1 saturated heterocycles. The van der Waals surface area contributed by atoms with Crippen LogP contribution in [0.1, 0.15) is 22.3 Å². The Morgan fingerprint density at radius 1 is 1.10 bits per heavy atom. The highest BCUT2D eigenvalue weighted by Gasteiger charge is 2.30. The van der Waals surface area contributed by atoms with Gasteiger partial charge in [0.2, 0.25) is 0 Å². The van der Waals surface area contributed by atoms with Gasteiger partial charge < -0.3 is 14.6 Å². The van der Waals surface area contributed by atoms with Crippen LogP contribution in [-0.4, -0.2) is 55.4 Å². The van der Waals surface area contributed by atoms with E-state index >= 15 is 0 Å². The van der Waals surface area contributed by atoms with Gasteiger partial charge in [0.05, 0.1) is 30.9 Å². The topological polar surface area (TPSA) is 59.0 Å². The molecule has 2 aromatic carbocycles. The third kappa shape index (κ3) is 5.71. The molecule has 0 aliphatic carbocycles. The molecule has 2 aromatic rings. The molecular formula is C21H22F3NO4. The minimum Gasteiger partial charge on any atom is -0.493 e. The first kappa shape index (κ1) is 21.1. The second-order valence-corrected chi connectivity index (χ2v) is 6.75. The molecule has 1 N–H and O–H groups in total. The summed E-state index contributed by atoms with van der Waals surface area (Å²) in [7, 11) is 0. The van der Waals surface area contributed by atoms with E-state index < -0.39 is 17.7 Å². The van der Waals surface area contributed by atoms with Gasteiger partial charge in [0.1, 0.15) is 5.75 Å². The van der Waals surface area contributed by atoms with Crippen molar-refractivity contribution in [1.29, 1.82) is 0 Å². The van der Waals surface area contributed by atoms with Crippen LogP contribution in [0.15, 0.2) is 42.5 Å². The van der Waals surface area contributed by atoms with Crippen LogP contribution in [0.5, 0.6) is 5.75 Å². The number of nitrogens with zero attached hydrogens (tertiary/aromatic N) is 1. The summed E-state index contributed by atoms with van der Waals surface area (Å²) in [5, 5.41) is 9.24. The molecule has 0 amide bonds. The van der Waals surface area contributed by atoms with Crippen LogP contribution in [0.2, 0.25) is 0 Å². The van der Waals surface area contributed by atoms with E-state index in [0.29, 0.717) is 36.7 Å². The minimum atomic E-state index is -4.41. The molecule has 29 heavy (non-hydrogen) atoms. The lowest BCUT2D eigenvalue weighted by Gasteiger charge is -2.26. The Morgan fingerprint density at radius 3 is 2.41 bits per heavy atom. The van der Waals surface area contributed by atoms with E-state index in [9.17, 15) is 23.1 Å². The molecule has 0 unspecified atom stereocenters. The SMILES string of the molecule is O=C(O)c1ccc(-c2ccc(C(F)(F)F)cc2)c(OCCCN2CCOCC2)c1. The highest BCUT2D eigenvalue weighted by Crippen LogP contribution is 2.34. The Bertz CT molecular complexity index is 831. The van der Waals surface area contributed by atoms with Gasteiger partial charge in [0, 0.05) is 25.2 Å². The summed E-state index contributed by atoms with van der Waals surface area (Å²) in [6.45, 7) is 4.35. The number of ether oxygens (including phenoxy) is 2. The van der Waals surface area contributed by atoms with Crippen molar-refractivity contribution in [3.05, 3.63) is 53.6 Å². The number of hydrogen-bond donors (Lipinski definition) is 1. The van der Waals surface area contributed by atoms with E-state index in [1.54, 1.807) is 6.07 Å². The van der Waals surface area contributed by atoms with E-state index in [2.05, 4.69) is 4.90 Å². The molecule has 1 aliphatic rings. The molecule has 0 radical (unpaired) electrons. The van der Waals surface area contributed by atoms with E-state index in [1.165, 1.54) is 24.3 Å². The average molecular weight is 409 g/mol. The van der Waals surface area contributed by atoms with E-state index in [1.807, 2.05) is 0 Å². The Labute approximate surface area is 166 Å². The van der Waals surface area contributed by atoms with Gasteiger partial charge in [-0.05, 0) is 42.3 Å². The fourth-order valence-corrected chi connectivity index (χ4v) is 3.15. The maximum atomic E-state index is 12.8. The van der Waals surface area contributed by atoms with Crippen molar-refractivity contribution in [2.75, 3.05) is 39.5 Å². The first-order valence-corrected chi connectivity index (χ1v) is 9.32. The Hall–Kier alpha value is -2.58. The van der Waals surface area contributed by atoms with E-state index in [0.717, 1.165) is 38.2 Å². The van der Waals surface area contributed by atoms with Gasteiger partial charge in [-0.25, -0.2) is 4.79 Å². The summed E-state index contributed by atoms with van der Waals surface area (Å²) in [5.41, 5.74) is 0.397. The number of benzene rings is 2. The minimum absolute atomic E-state index is 0.0591. The molecule has 0 atom stereocenters. The molecule has 1 heterocycles. The molecule has 5 nitrogen and oxygen atoms in total. The van der Waals surface area contributed by atoms with Crippen molar-refractivity contribution >= 4 is 5.97 Å². The summed E-state index contributed by atoms with van der Waals surface area (Å²) < 4.78 is 49.5. The zero-order chi connectivity index (χ0) is 20.9. The molecule has 8 heteroatoms. The Morgan fingerprint density at radius 2 is 1.79 bits per heavy atom. The third-order valence-electron chi connectivity index (χ3n) is 4.73. The number of carboxylic acids is 1. The van der Waals surface area contributed by atoms with E-state index in [-0.39, 0.29) is 5.56 Å². The number of halogens is 3. The fourth-order valence-electron chi connectivity index (χ4n) is 3.15. The monoisotopic (exact) mass is 409 g/mol. The van der Waals surface area contributed by atoms with Crippen molar-refractivity contribution in [3.8, 4) is 16.9 Å². The van der Waals surface area contributed by atoms with Crippen LogP contribution in [0.3, 0.4) is 0 Å². The number of alkyl halides is 3. The van der Waals surface area contributed by atoms with Crippen molar-refractivity contribution < 1.29 is 32.5 Å². The van der Waals surface area contributed by atoms with Crippen LogP contribution in [0, 0.1) is 0 Å². The number of rotatable bonds is 7. The highest BCUT2D eigenvalue weighted by atomic mass is 19.4. The predicted molar refractivity (Wildman–Crippen MR) is 101 cm³/mol. The molecule has 0 bridgehead atoms. The van der Waals surface area contributed by atoms with Crippen LogP contribution in [-0.2, 0) is 10.9 Å². The van der Waals surface area contributed by atoms with E-state index in [4.69, 9.17) is 9.47 Å². The number of carbonyl (C=O) groups is 1. The fraction of sp³-hybridized carbons (Fsp3) is 0.381. The van der Waals surface area contributed by atoms with Gasteiger partial charge in [0.15, 0.2) is 0 Å². The number of morpholine rings is 1. The van der Waals surface area contributed by atoms with Gasteiger partial charge in [-0.2, -0.15) is 13.2 Å². The maximum absolute atomic E-state index is 12.8. The second-order valence-electron chi connectivity index (χ2n) is 6.75. The summed E-state index contributed by atoms with van der Waals surface area (Å²) in [5.74, 6) is -0.756. The predicted octanol–water partition coefficient (Wildman–Crippen LogP) is 4.17. The highest BCUT2D eigenvalue weighted by molar-refractivity contribution is 5.89. The van der Waals surface area contributed by atoms with Gasteiger partial charge >= 0.3 is 12.1 Å². The summed E-state index contributed by atoms with van der Waals surface area (Å²) in [6, 6.07) is 9.10. The Kier molecular flexibility index (Phi) is 6.76. The lowest BCUT2D eigenvalue weighted by atomic mass is 10.0. The van der Waals surface area contributed by atoms with Crippen molar-refractivity contribution in [2.24, 2.45) is 0 Å². The zero-order valence-corrected chi connectivity index (χ0v) is 15.7. The number of carboxylic acid groups (broad SMARTS) is 1. The van der Waals surface area contributed by atoms with Crippen LogP contribution in [0.25, 0.3) is 11.1 Å². The second kappa shape index (κ2) is 9.28. The third-order valence-corrected chi connectivity index (χ3v) is 4.73. The lowest BCUT2D eigenvalue weighted by molar-refractivity contribution is -0.137. The van der Waals surface area contributed by atoms with Crippen molar-refractivity contribution in [1.82, 2.24) is 4.90 Å². The number of hydrogen-bond acceptors (Lipinski definition) is 4. The number of aromatic carboxylic acids is 1. The maximum Gasteiger partial charge on any atom is 0.416 e. The lowest BCUT2D eigenvalue weighted by Crippen LogP contribution is -2.37.